The topological polar surface area (TPSA) is 18.5 Å². The first kappa shape index (κ1) is 13.4. The number of rotatable bonds is 8. The van der Waals surface area contributed by atoms with Gasteiger partial charge in [0.15, 0.2) is 0 Å². The van der Waals surface area contributed by atoms with Crippen LogP contribution in [-0.4, -0.2) is 21.1 Å². The van der Waals surface area contributed by atoms with Crippen molar-refractivity contribution in [3.05, 3.63) is 0 Å². The van der Waals surface area contributed by atoms with E-state index in [0.29, 0.717) is 13.2 Å². The van der Waals surface area contributed by atoms with E-state index in [1.54, 1.807) is 0 Å². The lowest BCUT2D eigenvalue weighted by Gasteiger charge is -2.22. The molecule has 0 aliphatic heterocycles. The molecule has 0 unspecified atom stereocenters. The second-order valence-electron chi connectivity index (χ2n) is 2.98. The summed E-state index contributed by atoms with van der Waals surface area (Å²) < 4.78 is 11.0. The van der Waals surface area contributed by atoms with Gasteiger partial charge in [-0.3, -0.25) is 0 Å². The molecule has 0 fully saturated rings. The van der Waals surface area contributed by atoms with Crippen molar-refractivity contribution in [2.45, 2.75) is 46.1 Å². The van der Waals surface area contributed by atoms with E-state index in [0.717, 1.165) is 12.5 Å². The fourth-order valence-corrected chi connectivity index (χ4v) is 4.17. The van der Waals surface area contributed by atoms with E-state index >= 15 is 0 Å². The molecule has 80 valence electrons. The average molecular weight is 225 g/mol. The zero-order valence-corrected chi connectivity index (χ0v) is 10.7. The van der Waals surface area contributed by atoms with E-state index in [4.69, 9.17) is 19.9 Å². The van der Waals surface area contributed by atoms with E-state index < -0.39 is 7.87 Å². The minimum Gasteiger partial charge on any atom is -0.383 e. The molecule has 13 heavy (non-hydrogen) atoms. The van der Waals surface area contributed by atoms with Crippen LogP contribution in [0.2, 0.25) is 6.04 Å². The first-order chi connectivity index (χ1) is 6.18. The molecule has 0 aromatic carbocycles. The van der Waals surface area contributed by atoms with Crippen molar-refractivity contribution in [2.24, 2.45) is 0 Å². The predicted octanol–water partition coefficient (Wildman–Crippen LogP) is 3.43. The van der Waals surface area contributed by atoms with Crippen molar-refractivity contribution in [3.63, 3.8) is 0 Å². The molecule has 0 radical (unpaired) electrons. The molecule has 0 aromatic rings. The van der Waals surface area contributed by atoms with Gasteiger partial charge in [-0.25, -0.2) is 0 Å². The Balaban J connectivity index is 3.76. The Bertz CT molecular complexity index is 116. The van der Waals surface area contributed by atoms with Crippen LogP contribution >= 0.6 is 11.1 Å². The Morgan fingerprint density at radius 3 is 1.92 bits per heavy atom. The molecule has 0 aliphatic carbocycles. The number of unbranched alkanes of at least 4 members (excludes halogenated alkanes) is 2. The van der Waals surface area contributed by atoms with Gasteiger partial charge in [-0.15, -0.1) is 0 Å². The monoisotopic (exact) mass is 224 g/mol. The van der Waals surface area contributed by atoms with Crippen molar-refractivity contribution in [1.82, 2.24) is 0 Å². The van der Waals surface area contributed by atoms with E-state index in [9.17, 15) is 0 Å². The summed E-state index contributed by atoms with van der Waals surface area (Å²) in [6.07, 6.45) is 3.54. The predicted molar refractivity (Wildman–Crippen MR) is 59.2 cm³/mol. The third-order valence-corrected chi connectivity index (χ3v) is 5.41. The van der Waals surface area contributed by atoms with Crippen LogP contribution in [0.5, 0.6) is 0 Å². The molecule has 0 aliphatic rings. The molecule has 0 saturated carbocycles. The van der Waals surface area contributed by atoms with Gasteiger partial charge in [-0.2, -0.15) is 0 Å². The number of hydrogen-bond acceptors (Lipinski definition) is 2. The molecule has 4 heteroatoms. The molecule has 0 saturated heterocycles. The molecule has 0 aromatic heterocycles. The van der Waals surface area contributed by atoms with Crippen molar-refractivity contribution in [2.75, 3.05) is 13.2 Å². The summed E-state index contributed by atoms with van der Waals surface area (Å²) in [6.45, 7) is 7.41. The summed E-state index contributed by atoms with van der Waals surface area (Å²) in [5.74, 6) is 0. The highest BCUT2D eigenvalue weighted by Crippen LogP contribution is 2.21. The standard InChI is InChI=1S/C9H21ClO2Si/c1-4-7-8-9-13(10,11-5-2)12-6-3/h4-9H2,1-3H3. The SMILES string of the molecule is CCCCC[Si](Cl)(OCC)OCC. The molecule has 0 heterocycles. The third-order valence-electron chi connectivity index (χ3n) is 1.80. The van der Waals surface area contributed by atoms with Gasteiger partial charge in [0.2, 0.25) is 0 Å². The number of hydrogen-bond donors (Lipinski definition) is 0. The van der Waals surface area contributed by atoms with Gasteiger partial charge in [0.1, 0.15) is 0 Å². The molecule has 0 rings (SSSR count). The van der Waals surface area contributed by atoms with Gasteiger partial charge in [0, 0.05) is 19.3 Å². The van der Waals surface area contributed by atoms with E-state index in [-0.39, 0.29) is 0 Å². The number of halogens is 1. The summed E-state index contributed by atoms with van der Waals surface area (Å²) in [5, 5.41) is 0. The minimum atomic E-state index is -2.31. The molecule has 2 nitrogen and oxygen atoms in total. The largest absolute Gasteiger partial charge is 0.443 e. The summed E-state index contributed by atoms with van der Waals surface area (Å²) in [6, 6.07) is 0.907. The van der Waals surface area contributed by atoms with E-state index in [1.165, 1.54) is 12.8 Å². The maximum Gasteiger partial charge on any atom is 0.443 e. The maximum absolute atomic E-state index is 6.27. The van der Waals surface area contributed by atoms with Crippen LogP contribution in [0.15, 0.2) is 0 Å². The minimum absolute atomic E-state index is 0.655. The lowest BCUT2D eigenvalue weighted by Crippen LogP contribution is -2.35. The first-order valence-corrected chi connectivity index (χ1v) is 8.18. The fraction of sp³-hybridized carbons (Fsp3) is 1.00. The Morgan fingerprint density at radius 1 is 1.00 bits per heavy atom. The molecular weight excluding hydrogens is 204 g/mol. The highest BCUT2D eigenvalue weighted by atomic mass is 35.6. The second-order valence-corrected chi connectivity index (χ2v) is 7.11. The van der Waals surface area contributed by atoms with Crippen LogP contribution < -0.4 is 0 Å². The normalized spacial score (nSPS) is 12.0. The van der Waals surface area contributed by atoms with Gasteiger partial charge in [0.05, 0.1) is 0 Å². The Morgan fingerprint density at radius 2 is 1.54 bits per heavy atom. The summed E-state index contributed by atoms with van der Waals surface area (Å²) in [7, 11) is -2.31. The zero-order chi connectivity index (χ0) is 10.2. The molecule has 0 atom stereocenters. The van der Waals surface area contributed by atoms with Gasteiger partial charge in [-0.05, 0) is 13.8 Å². The van der Waals surface area contributed by atoms with Crippen molar-refractivity contribution in [3.8, 4) is 0 Å². The average Bonchev–Trinajstić information content (AvgIpc) is 2.05. The van der Waals surface area contributed by atoms with Crippen LogP contribution in [0.4, 0.5) is 0 Å². The maximum atomic E-state index is 6.27. The van der Waals surface area contributed by atoms with Crippen LogP contribution in [0, 0.1) is 0 Å². The highest BCUT2D eigenvalue weighted by molar-refractivity contribution is 7.12. The van der Waals surface area contributed by atoms with Crippen LogP contribution in [0.3, 0.4) is 0 Å². The third kappa shape index (κ3) is 6.49. The van der Waals surface area contributed by atoms with Crippen molar-refractivity contribution in [1.29, 1.82) is 0 Å². The molecular formula is C9H21ClO2Si. The van der Waals surface area contributed by atoms with Crippen LogP contribution in [-0.2, 0) is 8.85 Å². The van der Waals surface area contributed by atoms with Crippen molar-refractivity contribution < 1.29 is 8.85 Å². The van der Waals surface area contributed by atoms with Gasteiger partial charge >= 0.3 is 7.87 Å². The summed E-state index contributed by atoms with van der Waals surface area (Å²) in [5.41, 5.74) is 0. The van der Waals surface area contributed by atoms with Gasteiger partial charge < -0.3 is 8.85 Å². The molecule has 0 amide bonds. The fourth-order valence-electron chi connectivity index (χ4n) is 1.20. The summed E-state index contributed by atoms with van der Waals surface area (Å²) in [4.78, 5) is 0. The highest BCUT2D eigenvalue weighted by Gasteiger charge is 2.34. The van der Waals surface area contributed by atoms with E-state index in [1.807, 2.05) is 13.8 Å². The molecule has 0 spiro atoms. The van der Waals surface area contributed by atoms with E-state index in [2.05, 4.69) is 6.92 Å². The Hall–Kier alpha value is 0.427. The Kier molecular flexibility index (Phi) is 8.05. The Labute approximate surface area is 87.5 Å². The quantitative estimate of drug-likeness (QED) is 0.357. The lowest BCUT2D eigenvalue weighted by atomic mass is 10.3. The van der Waals surface area contributed by atoms with Gasteiger partial charge in [0.25, 0.3) is 0 Å². The van der Waals surface area contributed by atoms with Crippen LogP contribution in [0.1, 0.15) is 40.0 Å². The first-order valence-electron chi connectivity index (χ1n) is 5.15. The lowest BCUT2D eigenvalue weighted by molar-refractivity contribution is 0.202. The van der Waals surface area contributed by atoms with Gasteiger partial charge in [-0.1, -0.05) is 37.3 Å². The zero-order valence-electron chi connectivity index (χ0n) is 8.94. The second kappa shape index (κ2) is 7.80. The smallest absolute Gasteiger partial charge is 0.383 e. The van der Waals surface area contributed by atoms with Crippen molar-refractivity contribution >= 4 is 18.9 Å². The molecule has 0 N–H and O–H groups in total. The molecule has 0 bridgehead atoms. The summed E-state index contributed by atoms with van der Waals surface area (Å²) >= 11 is 6.27. The van der Waals surface area contributed by atoms with Crippen LogP contribution in [0.25, 0.3) is 0 Å².